The van der Waals surface area contributed by atoms with Crippen molar-refractivity contribution in [1.82, 2.24) is 10.6 Å². The van der Waals surface area contributed by atoms with Gasteiger partial charge in [0.05, 0.1) is 7.11 Å². The SMILES string of the molecule is COc1ccc(CCNC(=O)NCCCC2CCCC2)cc1. The van der Waals surface area contributed by atoms with Gasteiger partial charge in [0.25, 0.3) is 0 Å². The Kier molecular flexibility index (Phi) is 7.07. The average molecular weight is 304 g/mol. The van der Waals surface area contributed by atoms with E-state index in [1.165, 1.54) is 37.7 Å². The van der Waals surface area contributed by atoms with Crippen LogP contribution in [0.3, 0.4) is 0 Å². The van der Waals surface area contributed by atoms with E-state index >= 15 is 0 Å². The Morgan fingerprint density at radius 1 is 1.14 bits per heavy atom. The van der Waals surface area contributed by atoms with E-state index in [0.717, 1.165) is 31.1 Å². The number of carbonyl (C=O) groups excluding carboxylic acids is 1. The Labute approximate surface area is 133 Å². The van der Waals surface area contributed by atoms with E-state index in [9.17, 15) is 4.79 Å². The quantitative estimate of drug-likeness (QED) is 0.722. The second-order valence-electron chi connectivity index (χ2n) is 6.07. The lowest BCUT2D eigenvalue weighted by Gasteiger charge is -2.10. The highest BCUT2D eigenvalue weighted by atomic mass is 16.5. The van der Waals surface area contributed by atoms with Crippen LogP contribution in [0.5, 0.6) is 5.75 Å². The maximum absolute atomic E-state index is 11.7. The van der Waals surface area contributed by atoms with Gasteiger partial charge in [-0.3, -0.25) is 0 Å². The van der Waals surface area contributed by atoms with Gasteiger partial charge in [-0.15, -0.1) is 0 Å². The number of amides is 2. The summed E-state index contributed by atoms with van der Waals surface area (Å²) < 4.78 is 5.12. The second kappa shape index (κ2) is 9.34. The van der Waals surface area contributed by atoms with Gasteiger partial charge < -0.3 is 15.4 Å². The number of benzene rings is 1. The Bertz CT molecular complexity index is 439. The number of nitrogens with one attached hydrogen (secondary N) is 2. The molecule has 1 aromatic carbocycles. The van der Waals surface area contributed by atoms with E-state index < -0.39 is 0 Å². The van der Waals surface area contributed by atoms with Crippen LogP contribution in [0.1, 0.15) is 44.1 Å². The standard InChI is InChI=1S/C18H28N2O2/c1-22-17-10-8-16(9-11-17)12-14-20-18(21)19-13-4-7-15-5-2-3-6-15/h8-11,15H,2-7,12-14H2,1H3,(H2,19,20,21). The molecular formula is C18H28N2O2. The lowest BCUT2D eigenvalue weighted by molar-refractivity contribution is 0.240. The fourth-order valence-electron chi connectivity index (χ4n) is 3.07. The molecule has 0 radical (unpaired) electrons. The number of methoxy groups -OCH3 is 1. The van der Waals surface area contributed by atoms with Crippen molar-refractivity contribution in [3.05, 3.63) is 29.8 Å². The molecule has 4 nitrogen and oxygen atoms in total. The van der Waals surface area contributed by atoms with E-state index in [2.05, 4.69) is 10.6 Å². The normalized spacial score (nSPS) is 14.8. The summed E-state index contributed by atoms with van der Waals surface area (Å²) in [6.45, 7) is 1.44. The largest absolute Gasteiger partial charge is 0.497 e. The highest BCUT2D eigenvalue weighted by molar-refractivity contribution is 5.73. The highest BCUT2D eigenvalue weighted by Crippen LogP contribution is 2.28. The highest BCUT2D eigenvalue weighted by Gasteiger charge is 2.14. The summed E-state index contributed by atoms with van der Waals surface area (Å²) in [7, 11) is 1.66. The van der Waals surface area contributed by atoms with Gasteiger partial charge in [0, 0.05) is 13.1 Å². The van der Waals surface area contributed by atoms with Crippen molar-refractivity contribution in [2.24, 2.45) is 5.92 Å². The summed E-state index contributed by atoms with van der Waals surface area (Å²) in [5.41, 5.74) is 1.20. The van der Waals surface area contributed by atoms with Gasteiger partial charge in [0.2, 0.25) is 0 Å². The van der Waals surface area contributed by atoms with Crippen LogP contribution < -0.4 is 15.4 Å². The Morgan fingerprint density at radius 3 is 2.50 bits per heavy atom. The van der Waals surface area contributed by atoms with E-state index in [-0.39, 0.29) is 6.03 Å². The summed E-state index contributed by atoms with van der Waals surface area (Å²) in [5.74, 6) is 1.76. The number of urea groups is 1. The molecule has 0 bridgehead atoms. The van der Waals surface area contributed by atoms with Crippen LogP contribution >= 0.6 is 0 Å². The van der Waals surface area contributed by atoms with Crippen molar-refractivity contribution in [1.29, 1.82) is 0 Å². The van der Waals surface area contributed by atoms with Gasteiger partial charge in [-0.05, 0) is 42.9 Å². The fraction of sp³-hybridized carbons (Fsp3) is 0.611. The first-order valence-corrected chi connectivity index (χ1v) is 8.42. The van der Waals surface area contributed by atoms with Crippen LogP contribution in [0.15, 0.2) is 24.3 Å². The zero-order valence-corrected chi connectivity index (χ0v) is 13.6. The fourth-order valence-corrected chi connectivity index (χ4v) is 3.07. The predicted molar refractivity (Wildman–Crippen MR) is 89.3 cm³/mol. The zero-order valence-electron chi connectivity index (χ0n) is 13.6. The number of ether oxygens (including phenoxy) is 1. The lowest BCUT2D eigenvalue weighted by Crippen LogP contribution is -2.37. The molecule has 0 spiro atoms. The molecule has 0 atom stereocenters. The molecule has 0 aromatic heterocycles. The maximum atomic E-state index is 11.7. The Hall–Kier alpha value is -1.71. The van der Waals surface area contributed by atoms with Crippen molar-refractivity contribution >= 4 is 6.03 Å². The third kappa shape index (κ3) is 5.96. The van der Waals surface area contributed by atoms with Crippen molar-refractivity contribution in [3.8, 4) is 5.75 Å². The third-order valence-corrected chi connectivity index (χ3v) is 4.41. The number of hydrogen-bond acceptors (Lipinski definition) is 2. The molecular weight excluding hydrogens is 276 g/mol. The number of rotatable bonds is 8. The lowest BCUT2D eigenvalue weighted by atomic mass is 10.0. The minimum Gasteiger partial charge on any atom is -0.497 e. The van der Waals surface area contributed by atoms with E-state index in [1.807, 2.05) is 24.3 Å². The molecule has 0 unspecified atom stereocenters. The van der Waals surface area contributed by atoms with Gasteiger partial charge >= 0.3 is 6.03 Å². The number of hydrogen-bond donors (Lipinski definition) is 2. The maximum Gasteiger partial charge on any atom is 0.314 e. The summed E-state index contributed by atoms with van der Waals surface area (Å²) in [5, 5.41) is 5.85. The summed E-state index contributed by atoms with van der Waals surface area (Å²) >= 11 is 0. The molecule has 0 aliphatic heterocycles. The Morgan fingerprint density at radius 2 is 1.82 bits per heavy atom. The second-order valence-corrected chi connectivity index (χ2v) is 6.07. The molecule has 1 saturated carbocycles. The van der Waals surface area contributed by atoms with Crippen LogP contribution in [0.25, 0.3) is 0 Å². The van der Waals surface area contributed by atoms with Crippen molar-refractivity contribution < 1.29 is 9.53 Å². The third-order valence-electron chi connectivity index (χ3n) is 4.41. The van der Waals surface area contributed by atoms with Gasteiger partial charge in [0.1, 0.15) is 5.75 Å². The van der Waals surface area contributed by atoms with Crippen LogP contribution in [-0.2, 0) is 6.42 Å². The smallest absolute Gasteiger partial charge is 0.314 e. The summed E-state index contributed by atoms with van der Waals surface area (Å²) in [4.78, 5) is 11.7. The molecule has 22 heavy (non-hydrogen) atoms. The van der Waals surface area contributed by atoms with Crippen LogP contribution in [-0.4, -0.2) is 26.2 Å². The first kappa shape index (κ1) is 16.7. The molecule has 4 heteroatoms. The average Bonchev–Trinajstić information content (AvgIpc) is 3.06. The zero-order chi connectivity index (χ0) is 15.6. The van der Waals surface area contributed by atoms with Gasteiger partial charge in [0.15, 0.2) is 0 Å². The predicted octanol–water partition coefficient (Wildman–Crippen LogP) is 3.51. The van der Waals surface area contributed by atoms with Crippen LogP contribution in [0.2, 0.25) is 0 Å². The summed E-state index contributed by atoms with van der Waals surface area (Å²) in [6.07, 6.45) is 8.73. The van der Waals surface area contributed by atoms with Gasteiger partial charge in [-0.25, -0.2) is 4.79 Å². The molecule has 1 aliphatic rings. The molecule has 2 amide bonds. The molecule has 1 fully saturated rings. The van der Waals surface area contributed by atoms with Crippen molar-refractivity contribution in [2.45, 2.75) is 44.9 Å². The Balaban J connectivity index is 1.51. The van der Waals surface area contributed by atoms with Crippen molar-refractivity contribution in [3.63, 3.8) is 0 Å². The van der Waals surface area contributed by atoms with Crippen LogP contribution in [0, 0.1) is 5.92 Å². The molecule has 0 heterocycles. The van der Waals surface area contributed by atoms with E-state index in [4.69, 9.17) is 4.74 Å². The van der Waals surface area contributed by atoms with Gasteiger partial charge in [-0.2, -0.15) is 0 Å². The topological polar surface area (TPSA) is 50.4 Å². The summed E-state index contributed by atoms with van der Waals surface area (Å²) in [6, 6.07) is 7.89. The minimum absolute atomic E-state index is 0.0556. The van der Waals surface area contributed by atoms with Crippen LogP contribution in [0.4, 0.5) is 4.79 Å². The van der Waals surface area contributed by atoms with Crippen molar-refractivity contribution in [2.75, 3.05) is 20.2 Å². The minimum atomic E-state index is -0.0556. The molecule has 1 aromatic rings. The first-order chi connectivity index (χ1) is 10.8. The molecule has 1 aliphatic carbocycles. The molecule has 122 valence electrons. The van der Waals surface area contributed by atoms with Gasteiger partial charge in [-0.1, -0.05) is 37.8 Å². The number of carbonyl (C=O) groups is 1. The molecule has 2 N–H and O–H groups in total. The van der Waals surface area contributed by atoms with E-state index in [1.54, 1.807) is 7.11 Å². The molecule has 2 rings (SSSR count). The molecule has 0 saturated heterocycles. The van der Waals surface area contributed by atoms with E-state index in [0.29, 0.717) is 6.54 Å². The first-order valence-electron chi connectivity index (χ1n) is 8.42. The monoisotopic (exact) mass is 304 g/mol.